The maximum absolute atomic E-state index is 5.48. The molecule has 1 aromatic heterocycles. The Labute approximate surface area is 106 Å². The van der Waals surface area contributed by atoms with Gasteiger partial charge in [-0.15, -0.1) is 0 Å². The van der Waals surface area contributed by atoms with Crippen LogP contribution in [0.3, 0.4) is 0 Å². The molecule has 3 rings (SSSR count). The quantitative estimate of drug-likeness (QED) is 0.635. The predicted molar refractivity (Wildman–Crippen MR) is 71.4 cm³/mol. The predicted octanol–water partition coefficient (Wildman–Crippen LogP) is 1.88. The van der Waals surface area contributed by atoms with Crippen LogP contribution in [0.4, 0.5) is 5.82 Å². The monoisotopic (exact) mass is 240 g/mol. The maximum Gasteiger partial charge on any atom is 0.144 e. The van der Waals surface area contributed by atoms with E-state index in [1.165, 1.54) is 11.1 Å². The van der Waals surface area contributed by atoms with Gasteiger partial charge in [-0.2, -0.15) is 0 Å². The Morgan fingerprint density at radius 3 is 2.50 bits per heavy atom. The first-order valence-electron chi connectivity index (χ1n) is 6.06. The van der Waals surface area contributed by atoms with Crippen molar-refractivity contribution in [2.24, 2.45) is 5.84 Å². The molecule has 0 unspecified atom stereocenters. The fraction of sp³-hybridized carbons (Fsp3) is 0.214. The van der Waals surface area contributed by atoms with E-state index < -0.39 is 0 Å². The van der Waals surface area contributed by atoms with Crippen molar-refractivity contribution in [1.29, 1.82) is 0 Å². The summed E-state index contributed by atoms with van der Waals surface area (Å²) in [5.41, 5.74) is 6.63. The highest BCUT2D eigenvalue weighted by atomic mass is 15.3. The number of aromatic nitrogens is 1. The summed E-state index contributed by atoms with van der Waals surface area (Å²) in [6, 6.07) is 12.6. The zero-order valence-electron chi connectivity index (χ0n) is 10.1. The largest absolute Gasteiger partial charge is 0.308 e. The number of nitrogens with zero attached hydrogens (tertiary/aromatic N) is 2. The van der Waals surface area contributed by atoms with Crippen LogP contribution in [0.5, 0.6) is 0 Å². The Balaban J connectivity index is 1.76. The molecule has 0 radical (unpaired) electrons. The zero-order chi connectivity index (χ0) is 12.4. The number of pyridine rings is 1. The Kier molecular flexibility index (Phi) is 2.96. The third-order valence-electron chi connectivity index (χ3n) is 3.33. The summed E-state index contributed by atoms with van der Waals surface area (Å²) in [7, 11) is 0. The minimum Gasteiger partial charge on any atom is -0.308 e. The molecule has 0 bridgehead atoms. The van der Waals surface area contributed by atoms with Crippen molar-refractivity contribution in [3.8, 4) is 0 Å². The third kappa shape index (κ3) is 2.08. The first kappa shape index (κ1) is 11.2. The molecule has 0 saturated heterocycles. The SMILES string of the molecule is NNc1ncccc1CN1Cc2ccccc2C1. The van der Waals surface area contributed by atoms with Crippen molar-refractivity contribution in [1.82, 2.24) is 9.88 Å². The van der Waals surface area contributed by atoms with E-state index >= 15 is 0 Å². The summed E-state index contributed by atoms with van der Waals surface area (Å²) in [6.45, 7) is 2.85. The molecule has 1 aliphatic heterocycles. The summed E-state index contributed by atoms with van der Waals surface area (Å²) in [5, 5.41) is 0. The van der Waals surface area contributed by atoms with E-state index in [1.54, 1.807) is 6.20 Å². The van der Waals surface area contributed by atoms with Crippen LogP contribution < -0.4 is 11.3 Å². The third-order valence-corrected chi connectivity index (χ3v) is 3.33. The molecular weight excluding hydrogens is 224 g/mol. The molecule has 0 fully saturated rings. The molecule has 4 nitrogen and oxygen atoms in total. The van der Waals surface area contributed by atoms with Crippen molar-refractivity contribution in [3.05, 3.63) is 59.3 Å². The molecule has 0 amide bonds. The van der Waals surface area contributed by atoms with Gasteiger partial charge < -0.3 is 5.43 Å². The smallest absolute Gasteiger partial charge is 0.144 e. The van der Waals surface area contributed by atoms with Gasteiger partial charge in [-0.1, -0.05) is 30.3 Å². The number of fused-ring (bicyclic) bond motifs is 1. The fourth-order valence-corrected chi connectivity index (χ4v) is 2.45. The van der Waals surface area contributed by atoms with Gasteiger partial charge in [0.25, 0.3) is 0 Å². The molecule has 1 aromatic carbocycles. The summed E-state index contributed by atoms with van der Waals surface area (Å²) < 4.78 is 0. The minimum absolute atomic E-state index is 0.758. The number of benzene rings is 1. The van der Waals surface area contributed by atoms with E-state index in [4.69, 9.17) is 5.84 Å². The molecule has 0 aliphatic carbocycles. The Morgan fingerprint density at radius 1 is 1.11 bits per heavy atom. The lowest BCUT2D eigenvalue weighted by atomic mass is 10.1. The van der Waals surface area contributed by atoms with E-state index in [1.807, 2.05) is 6.07 Å². The van der Waals surface area contributed by atoms with Crippen LogP contribution in [-0.2, 0) is 19.6 Å². The van der Waals surface area contributed by atoms with Gasteiger partial charge in [0.2, 0.25) is 0 Å². The zero-order valence-corrected chi connectivity index (χ0v) is 10.1. The van der Waals surface area contributed by atoms with Gasteiger partial charge in [0.05, 0.1) is 0 Å². The second kappa shape index (κ2) is 4.76. The number of hydrazine groups is 1. The molecular formula is C14H16N4. The molecule has 0 atom stereocenters. The van der Waals surface area contributed by atoms with Crippen LogP contribution in [0.2, 0.25) is 0 Å². The van der Waals surface area contributed by atoms with Gasteiger partial charge in [-0.05, 0) is 17.2 Å². The van der Waals surface area contributed by atoms with Gasteiger partial charge in [0.1, 0.15) is 5.82 Å². The highest BCUT2D eigenvalue weighted by Gasteiger charge is 2.19. The minimum atomic E-state index is 0.758. The summed E-state index contributed by atoms with van der Waals surface area (Å²) in [4.78, 5) is 6.62. The highest BCUT2D eigenvalue weighted by Crippen LogP contribution is 2.25. The average Bonchev–Trinajstić information content (AvgIpc) is 2.81. The average molecular weight is 240 g/mol. The first-order valence-corrected chi connectivity index (χ1v) is 6.06. The van der Waals surface area contributed by atoms with Crippen molar-refractivity contribution in [3.63, 3.8) is 0 Å². The van der Waals surface area contributed by atoms with E-state index in [9.17, 15) is 0 Å². The molecule has 1 aliphatic rings. The molecule has 0 spiro atoms. The fourth-order valence-electron chi connectivity index (χ4n) is 2.45. The molecule has 3 N–H and O–H groups in total. The van der Waals surface area contributed by atoms with Gasteiger partial charge in [0.15, 0.2) is 0 Å². The highest BCUT2D eigenvalue weighted by molar-refractivity contribution is 5.42. The van der Waals surface area contributed by atoms with E-state index in [-0.39, 0.29) is 0 Å². The summed E-state index contributed by atoms with van der Waals surface area (Å²) >= 11 is 0. The first-order chi connectivity index (χ1) is 8.86. The maximum atomic E-state index is 5.48. The Bertz CT molecular complexity index is 528. The van der Waals surface area contributed by atoms with Crippen LogP contribution in [0, 0.1) is 0 Å². The van der Waals surface area contributed by atoms with Crippen molar-refractivity contribution < 1.29 is 0 Å². The lowest BCUT2D eigenvalue weighted by Gasteiger charge is -2.16. The van der Waals surface area contributed by atoms with Crippen LogP contribution in [-0.4, -0.2) is 9.88 Å². The number of anilines is 1. The van der Waals surface area contributed by atoms with Crippen molar-refractivity contribution in [2.75, 3.05) is 5.43 Å². The second-order valence-electron chi connectivity index (χ2n) is 4.57. The number of hydrogen-bond acceptors (Lipinski definition) is 4. The molecule has 92 valence electrons. The number of nitrogens with two attached hydrogens (primary N) is 1. The van der Waals surface area contributed by atoms with Crippen LogP contribution >= 0.6 is 0 Å². The van der Waals surface area contributed by atoms with E-state index in [0.717, 1.165) is 31.0 Å². The molecule has 0 saturated carbocycles. The van der Waals surface area contributed by atoms with Crippen LogP contribution in [0.1, 0.15) is 16.7 Å². The standard InChI is InChI=1S/C14H16N4/c15-17-14-13(6-3-7-16-14)10-18-8-11-4-1-2-5-12(11)9-18/h1-7H,8-10,15H2,(H,16,17). The van der Waals surface area contributed by atoms with Gasteiger partial charge in [-0.25, -0.2) is 10.8 Å². The number of nitrogens with one attached hydrogen (secondary N) is 1. The lowest BCUT2D eigenvalue weighted by Crippen LogP contribution is -2.18. The number of hydrogen-bond donors (Lipinski definition) is 2. The molecule has 4 heteroatoms. The Hall–Kier alpha value is -1.91. The van der Waals surface area contributed by atoms with Crippen LogP contribution in [0.15, 0.2) is 42.6 Å². The number of rotatable bonds is 3. The normalized spacial score (nSPS) is 14.5. The lowest BCUT2D eigenvalue weighted by molar-refractivity contribution is 0.275. The van der Waals surface area contributed by atoms with Crippen molar-refractivity contribution in [2.45, 2.75) is 19.6 Å². The second-order valence-corrected chi connectivity index (χ2v) is 4.57. The molecule has 18 heavy (non-hydrogen) atoms. The topological polar surface area (TPSA) is 54.2 Å². The Morgan fingerprint density at radius 2 is 1.83 bits per heavy atom. The van der Waals surface area contributed by atoms with Crippen LogP contribution in [0.25, 0.3) is 0 Å². The summed E-state index contributed by atoms with van der Waals surface area (Å²) in [5.74, 6) is 6.24. The van der Waals surface area contributed by atoms with Gasteiger partial charge in [-0.3, -0.25) is 4.90 Å². The number of nitrogen functional groups attached to an aromatic ring is 1. The van der Waals surface area contributed by atoms with E-state index in [0.29, 0.717) is 0 Å². The van der Waals surface area contributed by atoms with Gasteiger partial charge >= 0.3 is 0 Å². The van der Waals surface area contributed by atoms with Crippen molar-refractivity contribution >= 4 is 5.82 Å². The van der Waals surface area contributed by atoms with Gasteiger partial charge in [0, 0.05) is 31.4 Å². The summed E-state index contributed by atoms with van der Waals surface area (Å²) in [6.07, 6.45) is 1.75. The molecule has 2 aromatic rings. The molecule has 2 heterocycles. The van der Waals surface area contributed by atoms with E-state index in [2.05, 4.69) is 45.6 Å².